The van der Waals surface area contributed by atoms with Crippen molar-refractivity contribution in [1.29, 1.82) is 0 Å². The standard InChI is InChI=1S/C12H14N2O3S2/c1-3-9-5-4-6-10(7-9)14-19(16,17)11-8(2)13-12(15)18-11/h4-7,14H,3H2,1-2H3,(H,13,15). The second kappa shape index (κ2) is 5.18. The van der Waals surface area contributed by atoms with Crippen LogP contribution in [0, 0.1) is 6.92 Å². The molecule has 0 spiro atoms. The van der Waals surface area contributed by atoms with E-state index in [0.29, 0.717) is 22.7 Å². The molecule has 0 saturated carbocycles. The number of sulfonamides is 1. The zero-order chi connectivity index (χ0) is 14.0. The fourth-order valence-corrected chi connectivity index (χ4v) is 4.05. The third-order valence-corrected chi connectivity index (χ3v) is 5.60. The molecule has 19 heavy (non-hydrogen) atoms. The van der Waals surface area contributed by atoms with E-state index in [1.807, 2.05) is 13.0 Å². The van der Waals surface area contributed by atoms with E-state index in [1.165, 1.54) is 0 Å². The van der Waals surface area contributed by atoms with Crippen LogP contribution in [-0.2, 0) is 16.4 Å². The minimum absolute atomic E-state index is 0.0272. The molecule has 0 aliphatic carbocycles. The van der Waals surface area contributed by atoms with Gasteiger partial charge < -0.3 is 4.98 Å². The molecule has 2 rings (SSSR count). The first-order valence-corrected chi connectivity index (χ1v) is 8.04. The molecular weight excluding hydrogens is 284 g/mol. The van der Waals surface area contributed by atoms with Gasteiger partial charge in [-0.25, -0.2) is 8.42 Å². The largest absolute Gasteiger partial charge is 0.315 e. The van der Waals surface area contributed by atoms with E-state index in [0.717, 1.165) is 12.0 Å². The molecule has 1 aromatic carbocycles. The van der Waals surface area contributed by atoms with Crippen molar-refractivity contribution < 1.29 is 8.42 Å². The second-order valence-corrected chi connectivity index (χ2v) is 6.95. The normalized spacial score (nSPS) is 11.5. The Morgan fingerprint density at radius 3 is 2.68 bits per heavy atom. The lowest BCUT2D eigenvalue weighted by atomic mass is 10.1. The lowest BCUT2D eigenvalue weighted by Crippen LogP contribution is -2.12. The maximum Gasteiger partial charge on any atom is 0.306 e. The molecule has 5 nitrogen and oxygen atoms in total. The molecule has 7 heteroatoms. The Morgan fingerprint density at radius 1 is 1.37 bits per heavy atom. The minimum Gasteiger partial charge on any atom is -0.315 e. The maximum atomic E-state index is 12.2. The van der Waals surface area contributed by atoms with Crippen LogP contribution in [0.1, 0.15) is 18.2 Å². The van der Waals surface area contributed by atoms with Gasteiger partial charge in [0.15, 0.2) is 4.21 Å². The van der Waals surface area contributed by atoms with Crippen molar-refractivity contribution in [3.8, 4) is 0 Å². The Bertz CT molecular complexity index is 744. The summed E-state index contributed by atoms with van der Waals surface area (Å²) in [4.78, 5) is 13.3. The van der Waals surface area contributed by atoms with Gasteiger partial charge in [-0.15, -0.1) is 0 Å². The number of aromatic nitrogens is 1. The van der Waals surface area contributed by atoms with Gasteiger partial charge in [0.25, 0.3) is 10.0 Å². The van der Waals surface area contributed by atoms with Crippen molar-refractivity contribution in [3.63, 3.8) is 0 Å². The molecule has 2 N–H and O–H groups in total. The molecule has 0 unspecified atom stereocenters. The molecular formula is C12H14N2O3S2. The first kappa shape index (κ1) is 13.8. The van der Waals surface area contributed by atoms with Gasteiger partial charge in [-0.2, -0.15) is 0 Å². The van der Waals surface area contributed by atoms with Crippen molar-refractivity contribution in [3.05, 3.63) is 45.2 Å². The summed E-state index contributed by atoms with van der Waals surface area (Å²) in [5.41, 5.74) is 1.90. The van der Waals surface area contributed by atoms with E-state index in [4.69, 9.17) is 0 Å². The Labute approximate surface area is 115 Å². The number of hydrogen-bond acceptors (Lipinski definition) is 4. The van der Waals surface area contributed by atoms with Crippen molar-refractivity contribution in [2.45, 2.75) is 24.5 Å². The number of rotatable bonds is 4. The lowest BCUT2D eigenvalue weighted by molar-refractivity contribution is 0.602. The van der Waals surface area contributed by atoms with Crippen LogP contribution in [0.3, 0.4) is 0 Å². The number of hydrogen-bond donors (Lipinski definition) is 2. The van der Waals surface area contributed by atoms with Crippen molar-refractivity contribution in [1.82, 2.24) is 4.98 Å². The molecule has 1 aromatic heterocycles. The summed E-state index contributed by atoms with van der Waals surface area (Å²) in [7, 11) is -3.71. The molecule has 0 bridgehead atoms. The van der Waals surface area contributed by atoms with E-state index in [-0.39, 0.29) is 9.08 Å². The quantitative estimate of drug-likeness (QED) is 0.907. The van der Waals surface area contributed by atoms with Crippen LogP contribution >= 0.6 is 11.3 Å². The third kappa shape index (κ3) is 3.05. The Kier molecular flexibility index (Phi) is 3.77. The van der Waals surface area contributed by atoms with Crippen LogP contribution in [0.25, 0.3) is 0 Å². The van der Waals surface area contributed by atoms with E-state index >= 15 is 0 Å². The summed E-state index contributed by atoms with van der Waals surface area (Å²) in [6, 6.07) is 7.19. The van der Waals surface area contributed by atoms with Gasteiger partial charge in [0, 0.05) is 11.4 Å². The predicted molar refractivity (Wildman–Crippen MR) is 76.3 cm³/mol. The second-order valence-electron chi connectivity index (χ2n) is 4.09. The van der Waals surface area contributed by atoms with Gasteiger partial charge in [-0.1, -0.05) is 30.4 Å². The molecule has 102 valence electrons. The SMILES string of the molecule is CCc1cccc(NS(=O)(=O)c2sc(=O)[nH]c2C)c1. The fraction of sp³-hybridized carbons (Fsp3) is 0.250. The molecule has 0 aliphatic rings. The predicted octanol–water partition coefficient (Wildman–Crippen LogP) is 2.11. The Hall–Kier alpha value is -1.60. The van der Waals surface area contributed by atoms with E-state index in [9.17, 15) is 13.2 Å². The molecule has 0 saturated heterocycles. The van der Waals surface area contributed by atoms with Gasteiger partial charge in [-0.3, -0.25) is 9.52 Å². The summed E-state index contributed by atoms with van der Waals surface area (Å²) in [5, 5.41) is 0. The number of thiazole rings is 1. The van der Waals surface area contributed by atoms with Crippen LogP contribution < -0.4 is 9.60 Å². The molecule has 0 atom stereocenters. The number of benzene rings is 1. The zero-order valence-corrected chi connectivity index (χ0v) is 12.2. The van der Waals surface area contributed by atoms with Gasteiger partial charge >= 0.3 is 4.87 Å². The first-order valence-electron chi connectivity index (χ1n) is 5.74. The van der Waals surface area contributed by atoms with Gasteiger partial charge in [-0.05, 0) is 31.0 Å². The highest BCUT2D eigenvalue weighted by atomic mass is 32.2. The number of aromatic amines is 1. The molecule has 1 heterocycles. The number of aryl methyl sites for hydroxylation is 2. The average molecular weight is 298 g/mol. The monoisotopic (exact) mass is 298 g/mol. The van der Waals surface area contributed by atoms with Crippen LogP contribution in [0.15, 0.2) is 33.3 Å². The summed E-state index contributed by atoms with van der Waals surface area (Å²) in [5.74, 6) is 0. The van der Waals surface area contributed by atoms with E-state index < -0.39 is 10.0 Å². The highest BCUT2D eigenvalue weighted by Crippen LogP contribution is 2.21. The van der Waals surface area contributed by atoms with Crippen LogP contribution in [-0.4, -0.2) is 13.4 Å². The van der Waals surface area contributed by atoms with E-state index in [1.54, 1.807) is 25.1 Å². The van der Waals surface area contributed by atoms with Crippen LogP contribution in [0.2, 0.25) is 0 Å². The smallest absolute Gasteiger partial charge is 0.306 e. The van der Waals surface area contributed by atoms with Gasteiger partial charge in [0.2, 0.25) is 0 Å². The summed E-state index contributed by atoms with van der Waals surface area (Å²) >= 11 is 0.689. The summed E-state index contributed by atoms with van der Waals surface area (Å²) in [6.07, 6.45) is 0.825. The van der Waals surface area contributed by atoms with Gasteiger partial charge in [0.1, 0.15) is 0 Å². The van der Waals surface area contributed by atoms with Crippen LogP contribution in [0.4, 0.5) is 5.69 Å². The lowest BCUT2D eigenvalue weighted by Gasteiger charge is -2.07. The number of nitrogens with one attached hydrogen (secondary N) is 2. The molecule has 0 fully saturated rings. The Balaban J connectivity index is 2.36. The highest BCUT2D eigenvalue weighted by molar-refractivity contribution is 7.94. The summed E-state index contributed by atoms with van der Waals surface area (Å²) < 4.78 is 26.9. The molecule has 0 radical (unpaired) electrons. The molecule has 2 aromatic rings. The maximum absolute atomic E-state index is 12.2. The minimum atomic E-state index is -3.71. The topological polar surface area (TPSA) is 79.0 Å². The van der Waals surface area contributed by atoms with E-state index in [2.05, 4.69) is 9.71 Å². The zero-order valence-electron chi connectivity index (χ0n) is 10.6. The van der Waals surface area contributed by atoms with Gasteiger partial charge in [0.05, 0.1) is 0 Å². The number of H-pyrrole nitrogens is 1. The third-order valence-electron chi connectivity index (χ3n) is 2.61. The van der Waals surface area contributed by atoms with Crippen molar-refractivity contribution >= 4 is 27.0 Å². The molecule has 0 aliphatic heterocycles. The summed E-state index contributed by atoms with van der Waals surface area (Å²) in [6.45, 7) is 3.56. The molecule has 0 amide bonds. The van der Waals surface area contributed by atoms with Crippen molar-refractivity contribution in [2.24, 2.45) is 0 Å². The first-order chi connectivity index (χ1) is 8.92. The van der Waals surface area contributed by atoms with Crippen LogP contribution in [0.5, 0.6) is 0 Å². The Morgan fingerprint density at radius 2 is 2.11 bits per heavy atom. The average Bonchev–Trinajstić information content (AvgIpc) is 2.69. The van der Waals surface area contributed by atoms with Crippen molar-refractivity contribution in [2.75, 3.05) is 4.72 Å². The highest BCUT2D eigenvalue weighted by Gasteiger charge is 2.20. The number of anilines is 1. The fourth-order valence-electron chi connectivity index (χ4n) is 1.70.